The molecule has 0 fully saturated rings. The smallest absolute Gasteiger partial charge is 0.257 e. The van der Waals surface area contributed by atoms with Crippen LogP contribution < -0.4 is 10.7 Å². The minimum absolute atomic E-state index is 0.127. The van der Waals surface area contributed by atoms with Crippen LogP contribution in [0.2, 0.25) is 0 Å². The van der Waals surface area contributed by atoms with Gasteiger partial charge in [-0.2, -0.15) is 0 Å². The zero-order valence-electron chi connectivity index (χ0n) is 12.5. The van der Waals surface area contributed by atoms with Gasteiger partial charge in [0.05, 0.1) is 6.04 Å². The second-order valence-corrected chi connectivity index (χ2v) is 6.11. The fourth-order valence-electron chi connectivity index (χ4n) is 2.25. The summed E-state index contributed by atoms with van der Waals surface area (Å²) in [6.45, 7) is 6.17. The number of carbonyl (C=O) groups is 1. The van der Waals surface area contributed by atoms with E-state index < -0.39 is 0 Å². The summed E-state index contributed by atoms with van der Waals surface area (Å²) in [5.41, 5.74) is 0.693. The van der Waals surface area contributed by atoms with Crippen LogP contribution in [0.3, 0.4) is 0 Å². The number of carbonyl (C=O) groups excluding carboxylic acids is 1. The number of amides is 1. The molecule has 4 nitrogen and oxygen atoms in total. The predicted octanol–water partition coefficient (Wildman–Crippen LogP) is 2.89. The van der Waals surface area contributed by atoms with Gasteiger partial charge in [0.2, 0.25) is 0 Å². The maximum absolute atomic E-state index is 12.4. The van der Waals surface area contributed by atoms with E-state index in [0.29, 0.717) is 0 Å². The zero-order chi connectivity index (χ0) is 15.5. The average Bonchev–Trinajstić information content (AvgIpc) is 2.44. The van der Waals surface area contributed by atoms with E-state index in [2.05, 4.69) is 31.1 Å². The van der Waals surface area contributed by atoms with Gasteiger partial charge >= 0.3 is 0 Å². The molecule has 1 aromatic heterocycles. The highest BCUT2D eigenvalue weighted by Gasteiger charge is 2.28. The third kappa shape index (κ3) is 3.60. The summed E-state index contributed by atoms with van der Waals surface area (Å²) in [6.07, 6.45) is 2.94. The summed E-state index contributed by atoms with van der Waals surface area (Å²) in [7, 11) is 0. The molecular formula is C17H20N2O2. The number of nitrogens with one attached hydrogen (secondary N) is 2. The molecule has 0 saturated carbocycles. The first kappa shape index (κ1) is 15.0. The van der Waals surface area contributed by atoms with Crippen LogP contribution in [0.1, 0.15) is 42.7 Å². The Balaban J connectivity index is 2.31. The quantitative estimate of drug-likeness (QED) is 0.910. The Hall–Kier alpha value is -2.36. The van der Waals surface area contributed by atoms with Crippen LogP contribution in [0.5, 0.6) is 0 Å². The minimum Gasteiger partial charge on any atom is -0.367 e. The third-order valence-electron chi connectivity index (χ3n) is 3.34. The van der Waals surface area contributed by atoms with Gasteiger partial charge in [-0.05, 0) is 11.0 Å². The first-order valence-electron chi connectivity index (χ1n) is 6.92. The van der Waals surface area contributed by atoms with Gasteiger partial charge in [0.1, 0.15) is 5.56 Å². The largest absolute Gasteiger partial charge is 0.367 e. The monoisotopic (exact) mass is 284 g/mol. The summed E-state index contributed by atoms with van der Waals surface area (Å²) >= 11 is 0. The minimum atomic E-state index is -0.361. The molecule has 2 aromatic rings. The number of hydrogen-bond donors (Lipinski definition) is 2. The highest BCUT2D eigenvalue weighted by atomic mass is 16.2. The Morgan fingerprint density at radius 3 is 2.38 bits per heavy atom. The van der Waals surface area contributed by atoms with Crippen LogP contribution in [0.15, 0.2) is 53.6 Å². The van der Waals surface area contributed by atoms with Crippen molar-refractivity contribution < 1.29 is 4.79 Å². The van der Waals surface area contributed by atoms with Crippen molar-refractivity contribution in [2.45, 2.75) is 26.8 Å². The summed E-state index contributed by atoms with van der Waals surface area (Å²) in [5.74, 6) is -0.361. The molecule has 21 heavy (non-hydrogen) atoms. The van der Waals surface area contributed by atoms with Crippen molar-refractivity contribution in [1.82, 2.24) is 10.3 Å². The van der Waals surface area contributed by atoms with Crippen LogP contribution in [0.25, 0.3) is 0 Å². The molecule has 0 saturated heterocycles. The maximum atomic E-state index is 12.4. The van der Waals surface area contributed by atoms with Crippen molar-refractivity contribution >= 4 is 5.91 Å². The molecule has 0 aliphatic heterocycles. The maximum Gasteiger partial charge on any atom is 0.257 e. The molecule has 1 amide bonds. The number of benzene rings is 1. The molecule has 2 N–H and O–H groups in total. The van der Waals surface area contributed by atoms with E-state index in [1.807, 2.05) is 30.3 Å². The van der Waals surface area contributed by atoms with E-state index in [4.69, 9.17) is 0 Å². The first-order valence-corrected chi connectivity index (χ1v) is 6.92. The zero-order valence-corrected chi connectivity index (χ0v) is 12.5. The van der Waals surface area contributed by atoms with Gasteiger partial charge in [0.15, 0.2) is 5.43 Å². The molecule has 0 bridgehead atoms. The fourth-order valence-corrected chi connectivity index (χ4v) is 2.25. The summed E-state index contributed by atoms with van der Waals surface area (Å²) in [6, 6.07) is 10.9. The van der Waals surface area contributed by atoms with Gasteiger partial charge in [0, 0.05) is 18.5 Å². The lowest BCUT2D eigenvalue weighted by Gasteiger charge is -2.32. The van der Waals surface area contributed by atoms with Crippen LogP contribution in [0.4, 0.5) is 0 Å². The van der Waals surface area contributed by atoms with Gasteiger partial charge < -0.3 is 10.3 Å². The Bertz CT molecular complexity index is 669. The predicted molar refractivity (Wildman–Crippen MR) is 83.2 cm³/mol. The molecule has 2 rings (SSSR count). The highest BCUT2D eigenvalue weighted by molar-refractivity contribution is 5.94. The van der Waals surface area contributed by atoms with E-state index in [9.17, 15) is 9.59 Å². The lowest BCUT2D eigenvalue weighted by molar-refractivity contribution is 0.0900. The van der Waals surface area contributed by atoms with Crippen molar-refractivity contribution in [2.24, 2.45) is 5.41 Å². The van der Waals surface area contributed by atoms with E-state index in [1.54, 1.807) is 0 Å². The Kier molecular flexibility index (Phi) is 4.26. The van der Waals surface area contributed by atoms with Crippen LogP contribution >= 0.6 is 0 Å². The van der Waals surface area contributed by atoms with Gasteiger partial charge in [-0.25, -0.2) is 0 Å². The van der Waals surface area contributed by atoms with E-state index in [-0.39, 0.29) is 28.4 Å². The number of aromatic nitrogens is 1. The standard InChI is InChI=1S/C17H20N2O2/c1-17(2,3)15(12-7-5-4-6-8-12)19-16(21)13-11-18-10-9-14(13)20/h4-11,15H,1-3H3,(H,18,20)(H,19,21). The summed E-state index contributed by atoms with van der Waals surface area (Å²) < 4.78 is 0. The normalized spacial score (nSPS) is 12.7. The molecule has 0 aliphatic carbocycles. The molecule has 1 heterocycles. The Morgan fingerprint density at radius 1 is 1.14 bits per heavy atom. The number of pyridine rings is 1. The number of hydrogen-bond acceptors (Lipinski definition) is 2. The molecule has 1 unspecified atom stereocenters. The first-order chi connectivity index (χ1) is 9.89. The van der Waals surface area contributed by atoms with Crippen molar-refractivity contribution in [1.29, 1.82) is 0 Å². The van der Waals surface area contributed by atoms with E-state index >= 15 is 0 Å². The molecule has 0 aliphatic rings. The molecule has 1 aromatic carbocycles. The Labute approximate surface area is 124 Å². The molecule has 1 atom stereocenters. The van der Waals surface area contributed by atoms with Crippen LogP contribution in [0, 0.1) is 5.41 Å². The second kappa shape index (κ2) is 5.95. The summed E-state index contributed by atoms with van der Waals surface area (Å²) in [5, 5.41) is 2.97. The van der Waals surface area contributed by atoms with Crippen LogP contribution in [-0.4, -0.2) is 10.9 Å². The fraction of sp³-hybridized carbons (Fsp3) is 0.294. The molecule has 4 heteroatoms. The highest BCUT2D eigenvalue weighted by Crippen LogP contribution is 2.32. The van der Waals surface area contributed by atoms with Crippen molar-refractivity contribution in [3.05, 3.63) is 70.1 Å². The van der Waals surface area contributed by atoms with Crippen molar-refractivity contribution in [3.8, 4) is 0 Å². The molecular weight excluding hydrogens is 264 g/mol. The van der Waals surface area contributed by atoms with E-state index in [0.717, 1.165) is 5.56 Å². The van der Waals surface area contributed by atoms with Crippen molar-refractivity contribution in [2.75, 3.05) is 0 Å². The molecule has 0 radical (unpaired) electrons. The third-order valence-corrected chi connectivity index (χ3v) is 3.34. The molecule has 110 valence electrons. The lowest BCUT2D eigenvalue weighted by atomic mass is 9.82. The van der Waals surface area contributed by atoms with Gasteiger partial charge in [0.25, 0.3) is 5.91 Å². The Morgan fingerprint density at radius 2 is 1.81 bits per heavy atom. The molecule has 0 spiro atoms. The number of H-pyrrole nitrogens is 1. The average molecular weight is 284 g/mol. The number of aromatic amines is 1. The van der Waals surface area contributed by atoms with Crippen molar-refractivity contribution in [3.63, 3.8) is 0 Å². The van der Waals surface area contributed by atoms with Gasteiger partial charge in [-0.15, -0.1) is 0 Å². The SMILES string of the molecule is CC(C)(C)C(NC(=O)c1c[nH]ccc1=O)c1ccccc1. The van der Waals surface area contributed by atoms with E-state index in [1.165, 1.54) is 18.5 Å². The summed E-state index contributed by atoms with van der Waals surface area (Å²) in [4.78, 5) is 26.9. The topological polar surface area (TPSA) is 62.0 Å². The second-order valence-electron chi connectivity index (χ2n) is 6.11. The van der Waals surface area contributed by atoms with Gasteiger partial charge in [-0.3, -0.25) is 9.59 Å². The van der Waals surface area contributed by atoms with Crippen LogP contribution in [-0.2, 0) is 0 Å². The lowest BCUT2D eigenvalue weighted by Crippen LogP contribution is -2.38. The number of rotatable bonds is 3. The van der Waals surface area contributed by atoms with Gasteiger partial charge in [-0.1, -0.05) is 51.1 Å².